The van der Waals surface area contributed by atoms with Crippen LogP contribution >= 0.6 is 0 Å². The van der Waals surface area contributed by atoms with Crippen molar-refractivity contribution in [3.05, 3.63) is 36.8 Å². The van der Waals surface area contributed by atoms with Crippen LogP contribution in [0.15, 0.2) is 31.0 Å². The van der Waals surface area contributed by atoms with E-state index in [9.17, 15) is 0 Å². The van der Waals surface area contributed by atoms with E-state index >= 15 is 8.78 Å². The van der Waals surface area contributed by atoms with Gasteiger partial charge in [-0.1, -0.05) is 0 Å². The molecule has 6 heterocycles. The molecule has 4 aromatic heterocycles. The molecule has 1 N–H and O–H groups in total. The molecule has 4 aromatic rings. The number of imidazole rings is 1. The lowest BCUT2D eigenvalue weighted by atomic mass is 9.92. The average Bonchev–Trinajstić information content (AvgIpc) is 3.41. The van der Waals surface area contributed by atoms with Crippen molar-refractivity contribution < 1.29 is 18.3 Å². The van der Waals surface area contributed by atoms with E-state index in [1.807, 2.05) is 0 Å². The third-order valence-corrected chi connectivity index (χ3v) is 6.73. The Morgan fingerprint density at radius 3 is 2.85 bits per heavy atom. The number of halogens is 2. The Balaban J connectivity index is 1.30. The van der Waals surface area contributed by atoms with Crippen molar-refractivity contribution in [3.63, 3.8) is 0 Å². The van der Waals surface area contributed by atoms with Crippen LogP contribution in [0.2, 0.25) is 0 Å². The zero-order valence-electron chi connectivity index (χ0n) is 18.8. The average molecular weight is 470 g/mol. The molecule has 2 aliphatic heterocycles. The molecule has 0 radical (unpaired) electrons. The van der Waals surface area contributed by atoms with Crippen molar-refractivity contribution in [2.24, 2.45) is 0 Å². The molecule has 2 aliphatic rings. The van der Waals surface area contributed by atoms with Crippen molar-refractivity contribution >= 4 is 17.2 Å². The SMILES string of the molecule is COc1nc(N[C@H]2CCN(C3(C)COC3)C[C@H]2F)nn2cc(F)c(-c3cnc4nccn4c3)c12. The van der Waals surface area contributed by atoms with Gasteiger partial charge in [-0.05, 0) is 13.3 Å². The number of fused-ring (bicyclic) bond motifs is 2. The molecule has 0 aromatic carbocycles. The first kappa shape index (κ1) is 21.2. The number of piperidine rings is 1. The van der Waals surface area contributed by atoms with Gasteiger partial charge in [-0.15, -0.1) is 5.10 Å². The normalized spacial score (nSPS) is 22.7. The number of aromatic nitrogens is 6. The smallest absolute Gasteiger partial charge is 0.244 e. The number of alkyl halides is 1. The Kier molecular flexibility index (Phi) is 4.88. The van der Waals surface area contributed by atoms with E-state index in [0.717, 1.165) is 6.54 Å². The van der Waals surface area contributed by atoms with Gasteiger partial charge in [-0.3, -0.25) is 9.30 Å². The number of hydrogen-bond acceptors (Lipinski definition) is 8. The Hall–Kier alpha value is -3.38. The molecule has 12 heteroatoms. The van der Waals surface area contributed by atoms with Gasteiger partial charge in [0.05, 0.1) is 43.7 Å². The second-order valence-corrected chi connectivity index (χ2v) is 9.06. The second-order valence-electron chi connectivity index (χ2n) is 9.06. The van der Waals surface area contributed by atoms with E-state index in [2.05, 4.69) is 37.2 Å². The molecule has 2 fully saturated rings. The van der Waals surface area contributed by atoms with Crippen molar-refractivity contribution in [2.45, 2.75) is 31.1 Å². The molecular formula is C22H24F2N8O2. The van der Waals surface area contributed by atoms with Gasteiger partial charge in [0, 0.05) is 43.4 Å². The molecule has 0 spiro atoms. The number of nitrogens with zero attached hydrogens (tertiary/aromatic N) is 7. The lowest BCUT2D eigenvalue weighted by Gasteiger charge is -2.50. The van der Waals surface area contributed by atoms with Gasteiger partial charge in [0.1, 0.15) is 11.7 Å². The molecule has 6 rings (SSSR count). The molecule has 2 atom stereocenters. The van der Waals surface area contributed by atoms with Crippen molar-refractivity contribution in [1.29, 1.82) is 0 Å². The van der Waals surface area contributed by atoms with Gasteiger partial charge >= 0.3 is 0 Å². The quantitative estimate of drug-likeness (QED) is 0.475. The summed E-state index contributed by atoms with van der Waals surface area (Å²) in [7, 11) is 1.45. The van der Waals surface area contributed by atoms with Gasteiger partial charge in [-0.2, -0.15) is 4.98 Å². The maximum Gasteiger partial charge on any atom is 0.244 e. The minimum atomic E-state index is -1.11. The lowest BCUT2D eigenvalue weighted by Crippen LogP contribution is -2.64. The van der Waals surface area contributed by atoms with Crippen LogP contribution in [0.4, 0.5) is 14.7 Å². The highest BCUT2D eigenvalue weighted by Gasteiger charge is 2.43. The zero-order valence-corrected chi connectivity index (χ0v) is 18.8. The summed E-state index contributed by atoms with van der Waals surface area (Å²) in [6.07, 6.45) is 7.35. The van der Waals surface area contributed by atoms with Crippen LogP contribution in [0.3, 0.4) is 0 Å². The number of nitrogens with one attached hydrogen (secondary N) is 1. The molecule has 34 heavy (non-hydrogen) atoms. The molecule has 0 aliphatic carbocycles. The Bertz CT molecular complexity index is 1370. The van der Waals surface area contributed by atoms with E-state index in [1.54, 1.807) is 29.2 Å². The van der Waals surface area contributed by atoms with Gasteiger partial charge < -0.3 is 14.8 Å². The van der Waals surface area contributed by atoms with Crippen molar-refractivity contribution in [3.8, 4) is 17.0 Å². The Morgan fingerprint density at radius 2 is 2.12 bits per heavy atom. The predicted molar refractivity (Wildman–Crippen MR) is 119 cm³/mol. The predicted octanol–water partition coefficient (Wildman–Crippen LogP) is 2.20. The summed E-state index contributed by atoms with van der Waals surface area (Å²) in [6.45, 7) is 4.39. The first-order valence-electron chi connectivity index (χ1n) is 11.1. The third-order valence-electron chi connectivity index (χ3n) is 6.73. The topological polar surface area (TPSA) is 94.1 Å². The third kappa shape index (κ3) is 3.36. The molecule has 10 nitrogen and oxygen atoms in total. The van der Waals surface area contributed by atoms with Crippen LogP contribution in [0.5, 0.6) is 5.88 Å². The Labute approximate surface area is 193 Å². The minimum Gasteiger partial charge on any atom is -0.479 e. The molecule has 0 bridgehead atoms. The summed E-state index contributed by atoms with van der Waals surface area (Å²) in [6, 6.07) is -0.462. The highest BCUT2D eigenvalue weighted by atomic mass is 19.1. The number of rotatable bonds is 5. The molecule has 178 valence electrons. The first-order valence-corrected chi connectivity index (χ1v) is 11.1. The zero-order chi connectivity index (χ0) is 23.4. The fourth-order valence-corrected chi connectivity index (χ4v) is 4.75. The number of methoxy groups -OCH3 is 1. The molecular weight excluding hydrogens is 446 g/mol. The minimum absolute atomic E-state index is 0.0956. The molecule has 0 unspecified atom stereocenters. The highest BCUT2D eigenvalue weighted by Crippen LogP contribution is 2.34. The van der Waals surface area contributed by atoms with Crippen LogP contribution in [0.1, 0.15) is 13.3 Å². The number of likely N-dealkylation sites (tertiary alicyclic amines) is 1. The van der Waals surface area contributed by atoms with Crippen molar-refractivity contribution in [2.75, 3.05) is 38.7 Å². The van der Waals surface area contributed by atoms with Crippen LogP contribution in [0, 0.1) is 5.82 Å². The van der Waals surface area contributed by atoms with Gasteiger partial charge in [0.25, 0.3) is 0 Å². The fraction of sp³-hybridized carbons (Fsp3) is 0.455. The summed E-state index contributed by atoms with van der Waals surface area (Å²) in [4.78, 5) is 14.9. The standard InChI is InChI=1S/C22H24F2N8O2/c1-22(11-34-12-22)31-5-3-16(14(23)9-31)27-20-28-19(33-2)18-17(15(24)10-32(18)29-20)13-7-26-21-25-4-6-30(21)8-13/h4,6-8,10,14,16H,3,5,9,11-12H2,1-2H3,(H,27,29)/t14-,16+/m1/s1. The van der Waals surface area contributed by atoms with E-state index in [-0.39, 0.29) is 22.9 Å². The lowest BCUT2D eigenvalue weighted by molar-refractivity contribution is -0.142. The Morgan fingerprint density at radius 1 is 1.26 bits per heavy atom. The summed E-state index contributed by atoms with van der Waals surface area (Å²) in [5.74, 6) is 0.356. The van der Waals surface area contributed by atoms with E-state index in [1.165, 1.54) is 17.8 Å². The summed E-state index contributed by atoms with van der Waals surface area (Å²) < 4.78 is 44.0. The van der Waals surface area contributed by atoms with Crippen LogP contribution in [-0.4, -0.2) is 85.0 Å². The van der Waals surface area contributed by atoms with E-state index < -0.39 is 18.0 Å². The van der Waals surface area contributed by atoms with Crippen molar-refractivity contribution in [1.82, 2.24) is 33.9 Å². The number of anilines is 1. The second kappa shape index (κ2) is 7.84. The highest BCUT2D eigenvalue weighted by molar-refractivity contribution is 5.84. The first-order chi connectivity index (χ1) is 16.4. The molecule has 2 saturated heterocycles. The fourth-order valence-electron chi connectivity index (χ4n) is 4.75. The van der Waals surface area contributed by atoms with Crippen LogP contribution in [0.25, 0.3) is 22.4 Å². The van der Waals surface area contributed by atoms with Gasteiger partial charge in [-0.25, -0.2) is 23.3 Å². The summed E-state index contributed by atoms with van der Waals surface area (Å²) >= 11 is 0. The maximum atomic E-state index is 15.1. The van der Waals surface area contributed by atoms with Crippen LogP contribution in [-0.2, 0) is 4.74 Å². The van der Waals surface area contributed by atoms with E-state index in [0.29, 0.717) is 43.0 Å². The summed E-state index contributed by atoms with van der Waals surface area (Å²) in [5.41, 5.74) is 1.05. The van der Waals surface area contributed by atoms with Gasteiger partial charge in [0.15, 0.2) is 5.82 Å². The monoisotopic (exact) mass is 470 g/mol. The number of hydrogen-bond donors (Lipinski definition) is 1. The summed E-state index contributed by atoms with van der Waals surface area (Å²) in [5, 5.41) is 7.49. The largest absolute Gasteiger partial charge is 0.479 e. The molecule has 0 saturated carbocycles. The van der Waals surface area contributed by atoms with E-state index in [4.69, 9.17) is 9.47 Å². The maximum absolute atomic E-state index is 15.1. The van der Waals surface area contributed by atoms with Gasteiger partial charge in [0.2, 0.25) is 17.6 Å². The number of ether oxygens (including phenoxy) is 2. The molecule has 0 amide bonds. The van der Waals surface area contributed by atoms with Crippen LogP contribution < -0.4 is 10.1 Å².